The van der Waals surface area contributed by atoms with Crippen LogP contribution in [0, 0.1) is 0 Å². The molecular formula is C27H41ClNO2+. The summed E-state index contributed by atoms with van der Waals surface area (Å²) in [4.78, 5) is 0. The van der Waals surface area contributed by atoms with E-state index in [9.17, 15) is 0 Å². The van der Waals surface area contributed by atoms with E-state index in [1.807, 2.05) is 42.5 Å². The summed E-state index contributed by atoms with van der Waals surface area (Å²) in [7, 11) is 4.55. The van der Waals surface area contributed by atoms with Crippen molar-refractivity contribution in [3.8, 4) is 5.75 Å². The second kappa shape index (κ2) is 13.8. The zero-order valence-corrected chi connectivity index (χ0v) is 20.6. The number of nitrogens with zero attached hydrogens (tertiary/aromatic N) is 1. The van der Waals surface area contributed by atoms with Crippen LogP contribution in [-0.2, 0) is 4.74 Å². The van der Waals surface area contributed by atoms with E-state index in [0.717, 1.165) is 21.7 Å². The van der Waals surface area contributed by atoms with Crippen LogP contribution in [0.2, 0.25) is 5.02 Å². The highest BCUT2D eigenvalue weighted by Gasteiger charge is 2.35. The maximum absolute atomic E-state index is 6.24. The van der Waals surface area contributed by atoms with E-state index in [4.69, 9.17) is 21.1 Å². The summed E-state index contributed by atoms with van der Waals surface area (Å²) in [5, 5.41) is 0.787. The average Bonchev–Trinajstić information content (AvgIpc) is 2.77. The lowest BCUT2D eigenvalue weighted by Crippen LogP contribution is -2.51. The molecule has 0 spiro atoms. The summed E-state index contributed by atoms with van der Waals surface area (Å²) in [6, 6.07) is 18.6. The molecule has 0 heterocycles. The molecule has 2 unspecified atom stereocenters. The summed E-state index contributed by atoms with van der Waals surface area (Å²) in [6.07, 6.45) is 9.05. The topological polar surface area (TPSA) is 18.5 Å². The SMILES string of the molecule is CCCCCCCCC(c1ccc(Cl)cc1)[N+](C)(C)C(C)OCCOc1ccccc1. The second-order valence-electron chi connectivity index (χ2n) is 8.88. The molecule has 0 radical (unpaired) electrons. The fourth-order valence-corrected chi connectivity index (χ4v) is 4.15. The Hall–Kier alpha value is -1.55. The quantitative estimate of drug-likeness (QED) is 0.159. The number of hydrogen-bond acceptors (Lipinski definition) is 2. The molecule has 3 nitrogen and oxygen atoms in total. The van der Waals surface area contributed by atoms with Gasteiger partial charge in [0.1, 0.15) is 18.4 Å². The molecule has 2 atom stereocenters. The first-order chi connectivity index (χ1) is 14.9. The van der Waals surface area contributed by atoms with Gasteiger partial charge in [-0.2, -0.15) is 0 Å². The number of halogens is 1. The van der Waals surface area contributed by atoms with Crippen molar-refractivity contribution in [1.82, 2.24) is 0 Å². The smallest absolute Gasteiger partial charge is 0.190 e. The molecule has 172 valence electrons. The minimum Gasteiger partial charge on any atom is -0.491 e. The van der Waals surface area contributed by atoms with Gasteiger partial charge in [-0.05, 0) is 30.7 Å². The van der Waals surface area contributed by atoms with Gasteiger partial charge >= 0.3 is 0 Å². The molecule has 0 aliphatic carbocycles. The summed E-state index contributed by atoms with van der Waals surface area (Å²) in [5.74, 6) is 0.884. The Labute approximate surface area is 194 Å². The van der Waals surface area contributed by atoms with E-state index in [1.165, 1.54) is 44.1 Å². The highest BCUT2D eigenvalue weighted by atomic mass is 35.5. The maximum atomic E-state index is 6.24. The van der Waals surface area contributed by atoms with E-state index in [2.05, 4.69) is 40.1 Å². The predicted molar refractivity (Wildman–Crippen MR) is 132 cm³/mol. The Morgan fingerprint density at radius 2 is 1.48 bits per heavy atom. The van der Waals surface area contributed by atoms with Gasteiger partial charge < -0.3 is 9.47 Å². The summed E-state index contributed by atoms with van der Waals surface area (Å²) in [5.41, 5.74) is 1.33. The first-order valence-corrected chi connectivity index (χ1v) is 12.2. The van der Waals surface area contributed by atoms with E-state index in [0.29, 0.717) is 19.3 Å². The highest BCUT2D eigenvalue weighted by Crippen LogP contribution is 2.34. The summed E-state index contributed by atoms with van der Waals surface area (Å²) < 4.78 is 12.8. The molecule has 2 rings (SSSR count). The molecule has 2 aromatic carbocycles. The molecule has 0 aliphatic heterocycles. The van der Waals surface area contributed by atoms with Gasteiger partial charge in [0.05, 0.1) is 20.7 Å². The van der Waals surface area contributed by atoms with Crippen LogP contribution in [0.15, 0.2) is 54.6 Å². The van der Waals surface area contributed by atoms with Crippen LogP contribution in [-0.4, -0.2) is 38.0 Å². The zero-order valence-electron chi connectivity index (χ0n) is 19.9. The average molecular weight is 447 g/mol. The molecule has 0 fully saturated rings. The number of hydrogen-bond donors (Lipinski definition) is 0. The molecule has 31 heavy (non-hydrogen) atoms. The molecule has 4 heteroatoms. The van der Waals surface area contributed by atoms with Gasteiger partial charge in [-0.25, -0.2) is 0 Å². The first kappa shape index (κ1) is 25.7. The Balaban J connectivity index is 1.93. The third-order valence-electron chi connectivity index (χ3n) is 6.28. The Morgan fingerprint density at radius 1 is 0.839 bits per heavy atom. The van der Waals surface area contributed by atoms with Gasteiger partial charge in [0.15, 0.2) is 6.23 Å². The van der Waals surface area contributed by atoms with Crippen molar-refractivity contribution in [3.63, 3.8) is 0 Å². The number of ether oxygens (including phenoxy) is 2. The summed E-state index contributed by atoms with van der Waals surface area (Å²) in [6.45, 7) is 5.56. The molecule has 0 saturated carbocycles. The lowest BCUT2D eigenvalue weighted by molar-refractivity contribution is -0.964. The maximum Gasteiger partial charge on any atom is 0.190 e. The molecule has 0 bridgehead atoms. The molecular weight excluding hydrogens is 406 g/mol. The lowest BCUT2D eigenvalue weighted by atomic mass is 9.96. The van der Waals surface area contributed by atoms with Crippen molar-refractivity contribution in [2.24, 2.45) is 0 Å². The van der Waals surface area contributed by atoms with Gasteiger partial charge in [0.2, 0.25) is 0 Å². The van der Waals surface area contributed by atoms with Crippen LogP contribution < -0.4 is 4.74 Å². The number of unbranched alkanes of at least 4 members (excludes halogenated alkanes) is 5. The van der Waals surface area contributed by atoms with Gasteiger partial charge in [0.25, 0.3) is 0 Å². The van der Waals surface area contributed by atoms with Gasteiger partial charge in [-0.15, -0.1) is 0 Å². The third kappa shape index (κ3) is 8.84. The van der Waals surface area contributed by atoms with E-state index in [1.54, 1.807) is 0 Å². The van der Waals surface area contributed by atoms with Gasteiger partial charge in [-0.3, -0.25) is 4.48 Å². The Bertz CT molecular complexity index is 718. The molecule has 0 N–H and O–H groups in total. The van der Waals surface area contributed by atoms with Gasteiger partial charge in [-0.1, -0.05) is 81.0 Å². The van der Waals surface area contributed by atoms with Gasteiger partial charge in [0, 0.05) is 23.9 Å². The van der Waals surface area contributed by atoms with Crippen LogP contribution in [0.3, 0.4) is 0 Å². The van der Waals surface area contributed by atoms with Crippen LogP contribution in [0.4, 0.5) is 0 Å². The molecule has 0 saturated heterocycles. The summed E-state index contributed by atoms with van der Waals surface area (Å²) >= 11 is 6.16. The van der Waals surface area contributed by atoms with Crippen molar-refractivity contribution in [3.05, 3.63) is 65.2 Å². The van der Waals surface area contributed by atoms with E-state index in [-0.39, 0.29) is 6.23 Å². The normalized spacial score (nSPS) is 13.7. The predicted octanol–water partition coefficient (Wildman–Crippen LogP) is 7.65. The highest BCUT2D eigenvalue weighted by molar-refractivity contribution is 6.30. The minimum absolute atomic E-state index is 0.0557. The number of rotatable bonds is 15. The third-order valence-corrected chi connectivity index (χ3v) is 6.53. The van der Waals surface area contributed by atoms with Crippen molar-refractivity contribution in [1.29, 1.82) is 0 Å². The van der Waals surface area contributed by atoms with Crippen LogP contribution in [0.1, 0.15) is 70.4 Å². The minimum atomic E-state index is 0.0557. The first-order valence-electron chi connectivity index (χ1n) is 11.8. The van der Waals surface area contributed by atoms with Crippen molar-refractivity contribution in [2.45, 2.75) is 71.1 Å². The standard InChI is InChI=1S/C27H41ClNO2/c1-5-6-7-8-9-13-16-27(24-17-19-25(28)20-18-24)29(3,4)23(2)30-21-22-31-26-14-11-10-12-15-26/h10-12,14-15,17-20,23,27H,5-9,13,16,21-22H2,1-4H3/q+1. The fourth-order valence-electron chi connectivity index (χ4n) is 4.03. The largest absolute Gasteiger partial charge is 0.491 e. The van der Waals surface area contributed by atoms with Crippen molar-refractivity contribution >= 4 is 11.6 Å². The zero-order chi connectivity index (χ0) is 22.5. The van der Waals surface area contributed by atoms with E-state index < -0.39 is 0 Å². The second-order valence-corrected chi connectivity index (χ2v) is 9.32. The number of benzene rings is 2. The van der Waals surface area contributed by atoms with Crippen molar-refractivity contribution < 1.29 is 14.0 Å². The lowest BCUT2D eigenvalue weighted by Gasteiger charge is -2.42. The van der Waals surface area contributed by atoms with E-state index >= 15 is 0 Å². The molecule has 2 aromatic rings. The fraction of sp³-hybridized carbons (Fsp3) is 0.556. The Kier molecular flexibility index (Phi) is 11.4. The molecule has 0 amide bonds. The Morgan fingerprint density at radius 3 is 2.16 bits per heavy atom. The molecule has 0 aliphatic rings. The molecule has 0 aromatic heterocycles. The number of para-hydroxylation sites is 1. The number of quaternary nitrogens is 1. The van der Waals surface area contributed by atoms with Crippen molar-refractivity contribution in [2.75, 3.05) is 27.3 Å². The van der Waals surface area contributed by atoms with Crippen LogP contribution in [0.5, 0.6) is 5.75 Å². The van der Waals surface area contributed by atoms with Crippen LogP contribution in [0.25, 0.3) is 0 Å². The monoisotopic (exact) mass is 446 g/mol. The van der Waals surface area contributed by atoms with Crippen LogP contribution >= 0.6 is 11.6 Å².